The van der Waals surface area contributed by atoms with Crippen molar-refractivity contribution in [3.05, 3.63) is 51.2 Å². The molecule has 0 radical (unpaired) electrons. The fourth-order valence-electron chi connectivity index (χ4n) is 2.85. The molecule has 0 saturated carbocycles. The van der Waals surface area contributed by atoms with Crippen molar-refractivity contribution >= 4 is 52.0 Å². The number of thioether (sulfide) groups is 1. The summed E-state index contributed by atoms with van der Waals surface area (Å²) >= 11 is 6.12. The van der Waals surface area contributed by atoms with E-state index in [1.54, 1.807) is 19.1 Å². The van der Waals surface area contributed by atoms with Gasteiger partial charge < -0.3 is 24.8 Å². The summed E-state index contributed by atoms with van der Waals surface area (Å²) in [6.45, 7) is 2.79. The number of rotatable bonds is 10. The van der Waals surface area contributed by atoms with E-state index < -0.39 is 23.1 Å². The highest BCUT2D eigenvalue weighted by molar-refractivity contribution is 8.13. The summed E-state index contributed by atoms with van der Waals surface area (Å²) in [5, 5.41) is 16.7. The van der Waals surface area contributed by atoms with Crippen LogP contribution in [-0.2, 0) is 30.2 Å². The number of nitro benzene ring substituents is 1. The number of thiocarbonyl (C=S) groups is 1. The number of esters is 1. The van der Waals surface area contributed by atoms with Gasteiger partial charge in [0.25, 0.3) is 5.69 Å². The second-order valence-electron chi connectivity index (χ2n) is 6.75. The summed E-state index contributed by atoms with van der Waals surface area (Å²) in [5.74, 6) is -0.346. The molecular weight excluding hydrogens is 474 g/mol. The van der Waals surface area contributed by atoms with Gasteiger partial charge in [-0.3, -0.25) is 14.9 Å². The SMILES string of the molecule is CC(=O)SCCOC(=O)OCC1NC(=S)NC(C)=C1C(=O)OCCc1cccc([N+](=O)[O-])c1. The van der Waals surface area contributed by atoms with E-state index in [2.05, 4.69) is 10.6 Å². The minimum absolute atomic E-state index is 0.00254. The minimum Gasteiger partial charge on any atom is -0.462 e. The lowest BCUT2D eigenvalue weighted by Crippen LogP contribution is -2.52. The molecule has 0 amide bonds. The van der Waals surface area contributed by atoms with E-state index in [0.29, 0.717) is 17.0 Å². The number of hydrogen-bond donors (Lipinski definition) is 2. The Morgan fingerprint density at radius 3 is 2.67 bits per heavy atom. The van der Waals surface area contributed by atoms with Gasteiger partial charge in [0, 0.05) is 36.9 Å². The molecule has 13 heteroatoms. The number of ether oxygens (including phenoxy) is 3. The Balaban J connectivity index is 1.91. The number of nitro groups is 1. The Labute approximate surface area is 199 Å². The Hall–Kier alpha value is -3.19. The number of nitrogens with zero attached hydrogens (tertiary/aromatic N) is 1. The van der Waals surface area contributed by atoms with Gasteiger partial charge in [0.15, 0.2) is 10.2 Å². The monoisotopic (exact) mass is 497 g/mol. The normalized spacial score (nSPS) is 15.2. The quantitative estimate of drug-likeness (QED) is 0.161. The van der Waals surface area contributed by atoms with Crippen LogP contribution in [0.2, 0.25) is 0 Å². The molecule has 11 nitrogen and oxygen atoms in total. The lowest BCUT2D eigenvalue weighted by molar-refractivity contribution is -0.384. The number of hydrogen-bond acceptors (Lipinski definition) is 10. The molecule has 2 N–H and O–H groups in total. The number of nitrogens with one attached hydrogen (secondary N) is 2. The van der Waals surface area contributed by atoms with Crippen molar-refractivity contribution < 1.29 is 33.5 Å². The van der Waals surface area contributed by atoms with Crippen LogP contribution in [0.5, 0.6) is 0 Å². The maximum absolute atomic E-state index is 12.7. The molecule has 0 bridgehead atoms. The van der Waals surface area contributed by atoms with E-state index in [9.17, 15) is 24.5 Å². The van der Waals surface area contributed by atoms with Crippen LogP contribution in [0.15, 0.2) is 35.5 Å². The Bertz CT molecular complexity index is 966. The Morgan fingerprint density at radius 2 is 1.97 bits per heavy atom. The third kappa shape index (κ3) is 8.69. The van der Waals surface area contributed by atoms with E-state index in [1.165, 1.54) is 19.1 Å². The van der Waals surface area contributed by atoms with Crippen LogP contribution in [0.4, 0.5) is 10.5 Å². The first-order valence-electron chi connectivity index (χ1n) is 9.79. The zero-order valence-corrected chi connectivity index (χ0v) is 19.6. The molecule has 33 heavy (non-hydrogen) atoms. The molecule has 2 rings (SSSR count). The average Bonchev–Trinajstić information content (AvgIpc) is 2.74. The first-order valence-corrected chi connectivity index (χ1v) is 11.2. The summed E-state index contributed by atoms with van der Waals surface area (Å²) in [5.41, 5.74) is 1.24. The van der Waals surface area contributed by atoms with Gasteiger partial charge in [-0.25, -0.2) is 9.59 Å². The first kappa shape index (κ1) is 26.1. The lowest BCUT2D eigenvalue weighted by atomic mass is 10.0. The van der Waals surface area contributed by atoms with Gasteiger partial charge in [-0.15, -0.1) is 0 Å². The second-order valence-corrected chi connectivity index (χ2v) is 8.43. The maximum atomic E-state index is 12.7. The number of benzene rings is 1. The summed E-state index contributed by atoms with van der Waals surface area (Å²) in [6, 6.07) is 5.29. The topological polar surface area (TPSA) is 146 Å². The van der Waals surface area contributed by atoms with Crippen molar-refractivity contribution in [2.75, 3.05) is 25.6 Å². The van der Waals surface area contributed by atoms with Gasteiger partial charge in [-0.1, -0.05) is 23.9 Å². The molecule has 1 heterocycles. The van der Waals surface area contributed by atoms with E-state index in [-0.39, 0.29) is 47.7 Å². The third-order valence-electron chi connectivity index (χ3n) is 4.30. The smallest absolute Gasteiger partial charge is 0.462 e. The molecule has 0 fully saturated rings. The van der Waals surface area contributed by atoms with Crippen LogP contribution < -0.4 is 10.6 Å². The fraction of sp³-hybridized carbons (Fsp3) is 0.400. The molecular formula is C20H23N3O8S2. The van der Waals surface area contributed by atoms with Gasteiger partial charge >= 0.3 is 12.1 Å². The van der Waals surface area contributed by atoms with Crippen molar-refractivity contribution in [1.82, 2.24) is 10.6 Å². The van der Waals surface area contributed by atoms with Crippen molar-refractivity contribution in [3.63, 3.8) is 0 Å². The van der Waals surface area contributed by atoms with Crippen LogP contribution in [0.3, 0.4) is 0 Å². The standard InChI is InChI=1S/C20H23N3O8S2/c1-12-17(18(25)29-7-6-14-4-3-5-15(10-14)23(27)28)16(22-19(32)21-12)11-31-20(26)30-8-9-33-13(2)24/h3-5,10,16H,6-9,11H2,1-2H3,(H2,21,22,32). The Kier molecular flexibility index (Phi) is 10.1. The van der Waals surface area contributed by atoms with Gasteiger partial charge in [-0.05, 0) is 24.7 Å². The molecule has 1 aromatic rings. The van der Waals surface area contributed by atoms with Crippen LogP contribution >= 0.6 is 24.0 Å². The number of non-ortho nitro benzene ring substituents is 1. The molecule has 1 atom stereocenters. The van der Waals surface area contributed by atoms with E-state index in [1.807, 2.05) is 0 Å². The molecule has 178 valence electrons. The largest absolute Gasteiger partial charge is 0.508 e. The molecule has 1 unspecified atom stereocenters. The zero-order valence-electron chi connectivity index (χ0n) is 18.0. The molecule has 1 aliphatic rings. The lowest BCUT2D eigenvalue weighted by Gasteiger charge is -2.29. The first-order chi connectivity index (χ1) is 15.7. The van der Waals surface area contributed by atoms with E-state index >= 15 is 0 Å². The second kappa shape index (κ2) is 12.7. The zero-order chi connectivity index (χ0) is 24.4. The summed E-state index contributed by atoms with van der Waals surface area (Å²) in [7, 11) is 0. The van der Waals surface area contributed by atoms with E-state index in [4.69, 9.17) is 26.4 Å². The van der Waals surface area contributed by atoms with Crippen LogP contribution in [0.1, 0.15) is 19.4 Å². The van der Waals surface area contributed by atoms with Gasteiger partial charge in [0.05, 0.1) is 23.1 Å². The molecule has 1 aliphatic heterocycles. The average molecular weight is 498 g/mol. The molecule has 0 aromatic heterocycles. The Morgan fingerprint density at radius 1 is 1.21 bits per heavy atom. The van der Waals surface area contributed by atoms with Crippen molar-refractivity contribution in [1.29, 1.82) is 0 Å². The summed E-state index contributed by atoms with van der Waals surface area (Å²) in [6.07, 6.45) is -0.661. The molecule has 0 saturated heterocycles. The van der Waals surface area contributed by atoms with Crippen LogP contribution in [-0.4, -0.2) is 58.9 Å². The van der Waals surface area contributed by atoms with Crippen molar-refractivity contribution in [2.45, 2.75) is 26.3 Å². The van der Waals surface area contributed by atoms with Gasteiger partial charge in [0.1, 0.15) is 13.2 Å². The highest BCUT2D eigenvalue weighted by atomic mass is 32.2. The minimum atomic E-state index is -0.943. The summed E-state index contributed by atoms with van der Waals surface area (Å²) in [4.78, 5) is 45.7. The predicted octanol–water partition coefficient (Wildman–Crippen LogP) is 2.23. The molecule has 0 aliphatic carbocycles. The van der Waals surface area contributed by atoms with E-state index in [0.717, 1.165) is 11.8 Å². The number of carbonyl (C=O) groups is 3. The third-order valence-corrected chi connectivity index (χ3v) is 5.30. The number of carbonyl (C=O) groups excluding carboxylic acids is 3. The summed E-state index contributed by atoms with van der Waals surface area (Å²) < 4.78 is 15.3. The van der Waals surface area contributed by atoms with Gasteiger partial charge in [0.2, 0.25) is 0 Å². The number of allylic oxidation sites excluding steroid dienone is 1. The highest BCUT2D eigenvalue weighted by Gasteiger charge is 2.31. The molecule has 0 spiro atoms. The fourth-order valence-corrected chi connectivity index (χ4v) is 3.60. The predicted molar refractivity (Wildman–Crippen MR) is 124 cm³/mol. The van der Waals surface area contributed by atoms with Crippen LogP contribution in [0, 0.1) is 10.1 Å². The van der Waals surface area contributed by atoms with Crippen LogP contribution in [0.25, 0.3) is 0 Å². The van der Waals surface area contributed by atoms with Crippen molar-refractivity contribution in [2.24, 2.45) is 0 Å². The molecule has 1 aromatic carbocycles. The van der Waals surface area contributed by atoms with Gasteiger partial charge in [-0.2, -0.15) is 0 Å². The maximum Gasteiger partial charge on any atom is 0.508 e. The highest BCUT2D eigenvalue weighted by Crippen LogP contribution is 2.17. The van der Waals surface area contributed by atoms with Crippen molar-refractivity contribution in [3.8, 4) is 0 Å².